The molecule has 3 fully saturated rings. The van der Waals surface area contributed by atoms with Crippen molar-refractivity contribution in [1.29, 1.82) is 0 Å². The van der Waals surface area contributed by atoms with Crippen LogP contribution in [0.4, 0.5) is 0 Å². The Morgan fingerprint density at radius 3 is 2.75 bits per heavy atom. The molecular weight excluding hydrogens is 308 g/mol. The molecule has 0 saturated carbocycles. The summed E-state index contributed by atoms with van der Waals surface area (Å²) in [7, 11) is 2.15. The van der Waals surface area contributed by atoms with Crippen LogP contribution in [0.1, 0.15) is 23.4 Å². The third-order valence-electron chi connectivity index (χ3n) is 5.78. The van der Waals surface area contributed by atoms with Crippen molar-refractivity contribution in [1.82, 2.24) is 19.9 Å². The minimum absolute atomic E-state index is 0.0388. The Hall–Kier alpha value is -1.89. The lowest BCUT2D eigenvalue weighted by Gasteiger charge is -2.32. The SMILES string of the molecule is CN1CCC(CN2C[C@@H]3CN(C(=O)c4ccno4)C[C@@H]3C2=O)CC1. The molecule has 2 amide bonds. The molecule has 0 bridgehead atoms. The van der Waals surface area contributed by atoms with E-state index in [4.69, 9.17) is 4.52 Å². The van der Waals surface area contributed by atoms with Gasteiger partial charge in [-0.05, 0) is 38.9 Å². The van der Waals surface area contributed by atoms with Crippen LogP contribution in [0.3, 0.4) is 0 Å². The molecule has 0 aromatic carbocycles. The molecule has 3 aliphatic heterocycles. The van der Waals surface area contributed by atoms with Crippen LogP contribution < -0.4 is 0 Å². The van der Waals surface area contributed by atoms with E-state index in [9.17, 15) is 9.59 Å². The molecule has 0 spiro atoms. The Morgan fingerprint density at radius 2 is 2.08 bits per heavy atom. The Morgan fingerprint density at radius 1 is 1.29 bits per heavy atom. The summed E-state index contributed by atoms with van der Waals surface area (Å²) >= 11 is 0. The monoisotopic (exact) mass is 332 g/mol. The minimum atomic E-state index is -0.156. The smallest absolute Gasteiger partial charge is 0.292 e. The van der Waals surface area contributed by atoms with Gasteiger partial charge in [0.05, 0.1) is 12.1 Å². The number of hydrogen-bond donors (Lipinski definition) is 0. The normalized spacial score (nSPS) is 28.6. The van der Waals surface area contributed by atoms with Gasteiger partial charge in [-0.3, -0.25) is 9.59 Å². The third-order valence-corrected chi connectivity index (χ3v) is 5.78. The Kier molecular flexibility index (Phi) is 4.04. The lowest BCUT2D eigenvalue weighted by atomic mass is 9.96. The maximum atomic E-state index is 12.7. The number of amides is 2. The van der Waals surface area contributed by atoms with Crippen LogP contribution in [0.25, 0.3) is 0 Å². The summed E-state index contributed by atoms with van der Waals surface area (Å²) in [5.41, 5.74) is 0. The highest BCUT2D eigenvalue weighted by Crippen LogP contribution is 2.34. The van der Waals surface area contributed by atoms with Gasteiger partial charge in [-0.25, -0.2) is 0 Å². The van der Waals surface area contributed by atoms with E-state index in [1.54, 1.807) is 11.0 Å². The van der Waals surface area contributed by atoms with E-state index in [0.29, 0.717) is 19.0 Å². The van der Waals surface area contributed by atoms with E-state index in [2.05, 4.69) is 17.1 Å². The van der Waals surface area contributed by atoms with Crippen LogP contribution in [0.15, 0.2) is 16.8 Å². The first kappa shape index (κ1) is 15.6. The lowest BCUT2D eigenvalue weighted by Crippen LogP contribution is -2.40. The molecule has 7 heteroatoms. The summed E-state index contributed by atoms with van der Waals surface area (Å²) in [5, 5.41) is 3.58. The number of likely N-dealkylation sites (tertiary alicyclic amines) is 3. The molecule has 0 unspecified atom stereocenters. The summed E-state index contributed by atoms with van der Waals surface area (Å²) in [5.74, 6) is 1.17. The second-order valence-corrected chi connectivity index (χ2v) is 7.44. The largest absolute Gasteiger partial charge is 0.351 e. The molecule has 3 aliphatic rings. The average Bonchev–Trinajstić information content (AvgIpc) is 3.29. The molecule has 0 aliphatic carbocycles. The highest BCUT2D eigenvalue weighted by Gasteiger charge is 2.48. The number of fused-ring (bicyclic) bond motifs is 1. The highest BCUT2D eigenvalue weighted by atomic mass is 16.5. The quantitative estimate of drug-likeness (QED) is 0.808. The standard InChI is InChI=1S/C17H24N4O3/c1-19-6-3-12(4-7-19)8-20-9-13-10-21(11-14(13)16(20)22)17(23)15-2-5-18-24-15/h2,5,12-14H,3-4,6-11H2,1H3/t13-,14+/m1/s1. The van der Waals surface area contributed by atoms with Gasteiger partial charge in [0.2, 0.25) is 11.7 Å². The van der Waals surface area contributed by atoms with Crippen molar-refractivity contribution in [2.45, 2.75) is 12.8 Å². The zero-order valence-electron chi connectivity index (χ0n) is 14.1. The van der Waals surface area contributed by atoms with Crippen molar-refractivity contribution in [3.8, 4) is 0 Å². The Labute approximate surface area is 141 Å². The summed E-state index contributed by atoms with van der Waals surface area (Å²) in [6.07, 6.45) is 3.82. The van der Waals surface area contributed by atoms with Gasteiger partial charge < -0.3 is 19.2 Å². The van der Waals surface area contributed by atoms with Crippen LogP contribution in [0.2, 0.25) is 0 Å². The van der Waals surface area contributed by atoms with Gasteiger partial charge in [0.15, 0.2) is 0 Å². The average molecular weight is 332 g/mol. The van der Waals surface area contributed by atoms with Gasteiger partial charge in [0.1, 0.15) is 0 Å². The van der Waals surface area contributed by atoms with Crippen LogP contribution >= 0.6 is 0 Å². The second-order valence-electron chi connectivity index (χ2n) is 7.44. The number of hydrogen-bond acceptors (Lipinski definition) is 5. The molecule has 2 atom stereocenters. The topological polar surface area (TPSA) is 69.9 Å². The first-order valence-corrected chi connectivity index (χ1v) is 8.79. The van der Waals surface area contributed by atoms with E-state index in [-0.39, 0.29) is 29.4 Å². The van der Waals surface area contributed by atoms with Crippen molar-refractivity contribution in [3.63, 3.8) is 0 Å². The summed E-state index contributed by atoms with van der Waals surface area (Å²) in [6.45, 7) is 5.07. The van der Waals surface area contributed by atoms with E-state index < -0.39 is 0 Å². The van der Waals surface area contributed by atoms with Gasteiger partial charge in [0, 0.05) is 38.2 Å². The Bertz CT molecular complexity index is 609. The summed E-state index contributed by atoms with van der Waals surface area (Å²) in [6, 6.07) is 1.57. The number of carbonyl (C=O) groups excluding carboxylic acids is 2. The van der Waals surface area contributed by atoms with Crippen LogP contribution in [0, 0.1) is 17.8 Å². The molecule has 24 heavy (non-hydrogen) atoms. The number of carbonyl (C=O) groups is 2. The van der Waals surface area contributed by atoms with Crippen LogP contribution in [-0.2, 0) is 4.79 Å². The van der Waals surface area contributed by atoms with E-state index >= 15 is 0 Å². The van der Waals surface area contributed by atoms with Gasteiger partial charge in [0.25, 0.3) is 5.91 Å². The fraction of sp³-hybridized carbons (Fsp3) is 0.706. The maximum absolute atomic E-state index is 12.7. The van der Waals surface area contributed by atoms with Gasteiger partial charge in [-0.1, -0.05) is 5.16 Å². The second kappa shape index (κ2) is 6.20. The van der Waals surface area contributed by atoms with Crippen LogP contribution in [0.5, 0.6) is 0 Å². The lowest BCUT2D eigenvalue weighted by molar-refractivity contribution is -0.131. The molecule has 1 aromatic rings. The molecule has 4 rings (SSSR count). The first-order valence-electron chi connectivity index (χ1n) is 8.79. The van der Waals surface area contributed by atoms with E-state index in [1.807, 2.05) is 4.90 Å². The molecule has 130 valence electrons. The van der Waals surface area contributed by atoms with Crippen LogP contribution in [-0.4, -0.2) is 78.0 Å². The fourth-order valence-corrected chi connectivity index (χ4v) is 4.31. The Balaban J connectivity index is 1.34. The molecule has 0 N–H and O–H groups in total. The number of nitrogens with zero attached hydrogens (tertiary/aromatic N) is 4. The summed E-state index contributed by atoms with van der Waals surface area (Å²) in [4.78, 5) is 31.2. The highest BCUT2D eigenvalue weighted by molar-refractivity contribution is 5.92. The summed E-state index contributed by atoms with van der Waals surface area (Å²) < 4.78 is 4.95. The number of aromatic nitrogens is 1. The van der Waals surface area contributed by atoms with Crippen molar-refractivity contribution >= 4 is 11.8 Å². The van der Waals surface area contributed by atoms with Gasteiger partial charge >= 0.3 is 0 Å². The third kappa shape index (κ3) is 2.81. The molecule has 3 saturated heterocycles. The molecule has 1 aromatic heterocycles. The predicted molar refractivity (Wildman–Crippen MR) is 86.2 cm³/mol. The molecule has 4 heterocycles. The van der Waals surface area contributed by atoms with Crippen molar-refractivity contribution in [3.05, 3.63) is 18.0 Å². The van der Waals surface area contributed by atoms with Crippen molar-refractivity contribution < 1.29 is 14.1 Å². The minimum Gasteiger partial charge on any atom is -0.351 e. The number of piperidine rings is 1. The van der Waals surface area contributed by atoms with E-state index in [0.717, 1.165) is 26.2 Å². The first-order chi connectivity index (χ1) is 11.6. The number of rotatable bonds is 3. The zero-order chi connectivity index (χ0) is 16.7. The zero-order valence-corrected chi connectivity index (χ0v) is 14.1. The molecular formula is C17H24N4O3. The van der Waals surface area contributed by atoms with Gasteiger partial charge in [-0.15, -0.1) is 0 Å². The predicted octanol–water partition coefficient (Wildman–Crippen LogP) is 0.547. The van der Waals surface area contributed by atoms with E-state index in [1.165, 1.54) is 19.0 Å². The van der Waals surface area contributed by atoms with Crippen molar-refractivity contribution in [2.75, 3.05) is 46.3 Å². The fourth-order valence-electron chi connectivity index (χ4n) is 4.31. The van der Waals surface area contributed by atoms with Crippen molar-refractivity contribution in [2.24, 2.45) is 17.8 Å². The van der Waals surface area contributed by atoms with Gasteiger partial charge in [-0.2, -0.15) is 0 Å². The maximum Gasteiger partial charge on any atom is 0.292 e. The molecule has 7 nitrogen and oxygen atoms in total. The molecule has 0 radical (unpaired) electrons.